The molecule has 0 aliphatic rings. The maximum absolute atomic E-state index is 13.3. The van der Waals surface area contributed by atoms with Gasteiger partial charge >= 0.3 is 5.69 Å². The molecule has 0 unspecified atom stereocenters. The fraction of sp³-hybridized carbons (Fsp3) is 0.111. The van der Waals surface area contributed by atoms with Gasteiger partial charge in [0.15, 0.2) is 12.1 Å². The molecule has 0 atom stereocenters. The molecule has 1 aromatic rings. The molecule has 0 bridgehead atoms. The van der Waals surface area contributed by atoms with E-state index in [1.807, 2.05) is 0 Å². The summed E-state index contributed by atoms with van der Waals surface area (Å²) in [5.74, 6) is -1.80. The molecule has 1 rings (SSSR count). The van der Waals surface area contributed by atoms with Crippen molar-refractivity contribution in [2.45, 2.75) is 6.92 Å². The first-order valence-corrected chi connectivity index (χ1v) is 3.92. The van der Waals surface area contributed by atoms with Crippen LogP contribution in [-0.4, -0.2) is 17.0 Å². The number of aldehydes is 1. The average molecular weight is 211 g/mol. The summed E-state index contributed by atoms with van der Waals surface area (Å²) in [6.45, 7) is 1.15. The molecule has 0 aromatic heterocycles. The number of nitro benzene ring substituents is 1. The van der Waals surface area contributed by atoms with Crippen LogP contribution in [0.5, 0.6) is 0 Å². The molecular formula is C9H6FNO4. The summed E-state index contributed by atoms with van der Waals surface area (Å²) < 4.78 is 13.3. The molecule has 0 radical (unpaired) electrons. The molecule has 1 aromatic carbocycles. The van der Waals surface area contributed by atoms with Crippen LogP contribution in [0.4, 0.5) is 10.1 Å². The fourth-order valence-corrected chi connectivity index (χ4v) is 1.14. The Bertz CT molecular complexity index is 456. The van der Waals surface area contributed by atoms with Gasteiger partial charge in [-0.1, -0.05) is 0 Å². The van der Waals surface area contributed by atoms with Gasteiger partial charge in [0, 0.05) is 11.6 Å². The quantitative estimate of drug-likeness (QED) is 0.330. The Morgan fingerprint density at radius 3 is 2.53 bits per heavy atom. The largest absolute Gasteiger partial charge is 0.305 e. The molecule has 0 N–H and O–H groups in total. The molecular weight excluding hydrogens is 205 g/mol. The van der Waals surface area contributed by atoms with Crippen LogP contribution in [0.2, 0.25) is 0 Å². The standard InChI is InChI=1S/C9H6FNO4/c1-5(13)6-2-3-8(11(14)15)9(10)7(6)4-12/h2-4H,1H3. The van der Waals surface area contributed by atoms with E-state index in [-0.39, 0.29) is 11.8 Å². The maximum atomic E-state index is 13.3. The van der Waals surface area contributed by atoms with Crippen LogP contribution < -0.4 is 0 Å². The second kappa shape index (κ2) is 3.95. The number of halogens is 1. The molecule has 0 heterocycles. The number of hydrogen-bond acceptors (Lipinski definition) is 4. The van der Waals surface area contributed by atoms with Gasteiger partial charge in [-0.3, -0.25) is 19.7 Å². The molecule has 0 fully saturated rings. The van der Waals surface area contributed by atoms with Gasteiger partial charge in [0.25, 0.3) is 0 Å². The van der Waals surface area contributed by atoms with Crippen LogP contribution in [0.25, 0.3) is 0 Å². The summed E-state index contributed by atoms with van der Waals surface area (Å²) in [6, 6.07) is 1.92. The van der Waals surface area contributed by atoms with Crippen molar-refractivity contribution in [2.75, 3.05) is 0 Å². The number of benzene rings is 1. The third kappa shape index (κ3) is 1.88. The van der Waals surface area contributed by atoms with Crippen molar-refractivity contribution in [1.82, 2.24) is 0 Å². The smallest absolute Gasteiger partial charge is 0.298 e. The van der Waals surface area contributed by atoms with Gasteiger partial charge in [0.1, 0.15) is 0 Å². The van der Waals surface area contributed by atoms with Crippen molar-refractivity contribution >= 4 is 17.8 Å². The lowest BCUT2D eigenvalue weighted by Gasteiger charge is -2.01. The Morgan fingerprint density at radius 2 is 2.13 bits per heavy atom. The highest BCUT2D eigenvalue weighted by atomic mass is 19.1. The van der Waals surface area contributed by atoms with Gasteiger partial charge in [-0.15, -0.1) is 0 Å². The minimum atomic E-state index is -1.28. The zero-order valence-corrected chi connectivity index (χ0v) is 7.69. The topological polar surface area (TPSA) is 77.3 Å². The van der Waals surface area contributed by atoms with E-state index in [1.54, 1.807) is 0 Å². The number of rotatable bonds is 3. The first-order chi connectivity index (χ1) is 6.99. The highest BCUT2D eigenvalue weighted by Gasteiger charge is 2.21. The van der Waals surface area contributed by atoms with E-state index in [1.165, 1.54) is 0 Å². The molecule has 0 spiro atoms. The van der Waals surface area contributed by atoms with E-state index in [0.717, 1.165) is 19.1 Å². The van der Waals surface area contributed by atoms with Gasteiger partial charge in [-0.2, -0.15) is 4.39 Å². The first-order valence-electron chi connectivity index (χ1n) is 3.92. The number of ketones is 1. The molecule has 6 heteroatoms. The van der Waals surface area contributed by atoms with Crippen molar-refractivity contribution in [3.8, 4) is 0 Å². The van der Waals surface area contributed by atoms with E-state index < -0.39 is 27.8 Å². The molecule has 15 heavy (non-hydrogen) atoms. The van der Waals surface area contributed by atoms with Crippen LogP contribution in [0, 0.1) is 15.9 Å². The van der Waals surface area contributed by atoms with E-state index >= 15 is 0 Å². The fourth-order valence-electron chi connectivity index (χ4n) is 1.14. The van der Waals surface area contributed by atoms with E-state index in [0.29, 0.717) is 0 Å². The molecule has 0 amide bonds. The van der Waals surface area contributed by atoms with Crippen LogP contribution in [0.15, 0.2) is 12.1 Å². The van der Waals surface area contributed by atoms with Crippen molar-refractivity contribution < 1.29 is 18.9 Å². The number of Topliss-reactive ketones (excluding diaryl/α,β-unsaturated/α-hetero) is 1. The molecule has 78 valence electrons. The lowest BCUT2D eigenvalue weighted by atomic mass is 10.0. The van der Waals surface area contributed by atoms with Gasteiger partial charge in [-0.05, 0) is 13.0 Å². The predicted octanol–water partition coefficient (Wildman–Crippen LogP) is 1.75. The Hall–Kier alpha value is -2.11. The Labute approximate surface area is 83.7 Å². The summed E-state index contributed by atoms with van der Waals surface area (Å²) in [6.07, 6.45) is 0.0963. The third-order valence-electron chi connectivity index (χ3n) is 1.85. The Morgan fingerprint density at radius 1 is 1.53 bits per heavy atom. The number of nitrogens with zero attached hydrogens (tertiary/aromatic N) is 1. The number of hydrogen-bond donors (Lipinski definition) is 0. The first kappa shape index (κ1) is 11.0. The van der Waals surface area contributed by atoms with Gasteiger partial charge < -0.3 is 0 Å². The van der Waals surface area contributed by atoms with E-state index in [2.05, 4.69) is 0 Å². The number of nitro groups is 1. The van der Waals surface area contributed by atoms with E-state index in [9.17, 15) is 24.1 Å². The summed E-state index contributed by atoms with van der Waals surface area (Å²) in [5, 5.41) is 10.3. The van der Waals surface area contributed by atoms with Crippen LogP contribution in [0.3, 0.4) is 0 Å². The summed E-state index contributed by atoms with van der Waals surface area (Å²) in [4.78, 5) is 30.9. The molecule has 0 saturated carbocycles. The lowest BCUT2D eigenvalue weighted by molar-refractivity contribution is -0.387. The highest BCUT2D eigenvalue weighted by Crippen LogP contribution is 2.22. The monoisotopic (exact) mass is 211 g/mol. The molecule has 0 aliphatic carbocycles. The minimum absolute atomic E-state index is 0.0963. The van der Waals surface area contributed by atoms with Crippen molar-refractivity contribution in [3.05, 3.63) is 39.2 Å². The minimum Gasteiger partial charge on any atom is -0.298 e. The molecule has 0 aliphatic heterocycles. The number of carbonyl (C=O) groups is 2. The highest BCUT2D eigenvalue weighted by molar-refractivity contribution is 6.01. The Balaban J connectivity index is 3.52. The van der Waals surface area contributed by atoms with Gasteiger partial charge in [0.05, 0.1) is 10.5 Å². The summed E-state index contributed by atoms with van der Waals surface area (Å²) in [7, 11) is 0. The normalized spacial score (nSPS) is 9.73. The van der Waals surface area contributed by atoms with Crippen LogP contribution in [0.1, 0.15) is 27.6 Å². The summed E-state index contributed by atoms with van der Waals surface area (Å²) >= 11 is 0. The Kier molecular flexibility index (Phi) is 2.89. The van der Waals surface area contributed by atoms with E-state index in [4.69, 9.17) is 0 Å². The van der Waals surface area contributed by atoms with Crippen LogP contribution in [-0.2, 0) is 0 Å². The zero-order chi connectivity index (χ0) is 11.6. The number of carbonyl (C=O) groups excluding carboxylic acids is 2. The maximum Gasteiger partial charge on any atom is 0.305 e. The van der Waals surface area contributed by atoms with Crippen LogP contribution >= 0.6 is 0 Å². The molecule has 0 saturated heterocycles. The lowest BCUT2D eigenvalue weighted by Crippen LogP contribution is -2.04. The second-order valence-electron chi connectivity index (χ2n) is 2.79. The average Bonchev–Trinajstić information content (AvgIpc) is 2.16. The zero-order valence-electron chi connectivity index (χ0n) is 7.69. The van der Waals surface area contributed by atoms with Gasteiger partial charge in [-0.25, -0.2) is 0 Å². The SMILES string of the molecule is CC(=O)c1ccc([N+](=O)[O-])c(F)c1C=O. The summed E-state index contributed by atoms with van der Waals surface area (Å²) in [5.41, 5.74) is -1.55. The van der Waals surface area contributed by atoms with Crippen molar-refractivity contribution in [3.63, 3.8) is 0 Å². The predicted molar refractivity (Wildman–Crippen MR) is 48.4 cm³/mol. The van der Waals surface area contributed by atoms with Crippen molar-refractivity contribution in [1.29, 1.82) is 0 Å². The third-order valence-corrected chi connectivity index (χ3v) is 1.85. The second-order valence-corrected chi connectivity index (χ2v) is 2.79. The van der Waals surface area contributed by atoms with Crippen molar-refractivity contribution in [2.24, 2.45) is 0 Å². The molecule has 5 nitrogen and oxygen atoms in total. The van der Waals surface area contributed by atoms with Gasteiger partial charge in [0.2, 0.25) is 5.82 Å².